The molecule has 0 unspecified atom stereocenters. The predicted octanol–water partition coefficient (Wildman–Crippen LogP) is 5.84. The number of nitrogens with zero attached hydrogens (tertiary/aromatic N) is 2. The summed E-state index contributed by atoms with van der Waals surface area (Å²) in [6.45, 7) is 0.404. The van der Waals surface area contributed by atoms with Crippen molar-refractivity contribution in [1.29, 1.82) is 0 Å². The summed E-state index contributed by atoms with van der Waals surface area (Å²) in [7, 11) is 0. The minimum Gasteiger partial charge on any atom is -0.331 e. The number of nitrogens with one attached hydrogen (secondary N) is 2. The molecule has 2 N–H and O–H groups in total. The molecule has 0 fully saturated rings. The maximum atomic E-state index is 13.1. The van der Waals surface area contributed by atoms with Gasteiger partial charge >= 0.3 is 0 Å². The number of rotatable bonds is 4. The molecule has 3 rings (SSSR count). The molecule has 0 bridgehead atoms. The molecule has 9 heteroatoms. The normalized spacial score (nSPS) is 10.6. The van der Waals surface area contributed by atoms with Crippen LogP contribution in [0.25, 0.3) is 0 Å². The molecular formula is C17H12Cl3FN4S. The van der Waals surface area contributed by atoms with Crippen molar-refractivity contribution in [3.63, 3.8) is 0 Å². The minimum atomic E-state index is -0.377. The van der Waals surface area contributed by atoms with E-state index in [0.717, 1.165) is 5.56 Å². The Kier molecular flexibility index (Phi) is 5.98. The first-order chi connectivity index (χ1) is 12.4. The van der Waals surface area contributed by atoms with E-state index in [1.54, 1.807) is 41.3 Å². The van der Waals surface area contributed by atoms with Crippen LogP contribution in [0.15, 0.2) is 48.8 Å². The van der Waals surface area contributed by atoms with Gasteiger partial charge in [0.05, 0.1) is 29.1 Å². The van der Waals surface area contributed by atoms with Crippen LogP contribution >= 0.6 is 47.0 Å². The third kappa shape index (κ3) is 4.86. The van der Waals surface area contributed by atoms with E-state index in [-0.39, 0.29) is 5.82 Å². The van der Waals surface area contributed by atoms with Crippen molar-refractivity contribution in [2.24, 2.45) is 0 Å². The van der Waals surface area contributed by atoms with Crippen LogP contribution in [-0.4, -0.2) is 14.9 Å². The topological polar surface area (TPSA) is 41.9 Å². The van der Waals surface area contributed by atoms with Crippen LogP contribution in [0.5, 0.6) is 0 Å². The van der Waals surface area contributed by atoms with Gasteiger partial charge in [0, 0.05) is 16.2 Å². The van der Waals surface area contributed by atoms with Gasteiger partial charge < -0.3 is 10.6 Å². The van der Waals surface area contributed by atoms with Crippen molar-refractivity contribution in [2.45, 2.75) is 6.54 Å². The lowest BCUT2D eigenvalue weighted by Crippen LogP contribution is -2.19. The number of thiocarbonyl (C=S) groups is 1. The molecule has 26 heavy (non-hydrogen) atoms. The smallest absolute Gasteiger partial charge is 0.175 e. The molecule has 0 amide bonds. The zero-order valence-electron chi connectivity index (χ0n) is 13.1. The van der Waals surface area contributed by atoms with E-state index in [1.165, 1.54) is 12.1 Å². The van der Waals surface area contributed by atoms with E-state index in [0.29, 0.717) is 38.1 Å². The lowest BCUT2D eigenvalue weighted by Gasteiger charge is -2.10. The standard InChI is InChI=1S/C17H12Cl3FN4S/c18-11-2-4-14(19)16(5-11)24-17(26)23-13-7-22-25(9-13)8-10-1-3-12(21)6-15(10)20/h1-7,9H,8H2,(H2,23,24,26). The van der Waals surface area contributed by atoms with Gasteiger partial charge in [-0.25, -0.2) is 4.39 Å². The van der Waals surface area contributed by atoms with Gasteiger partial charge in [-0.05, 0) is 48.1 Å². The summed E-state index contributed by atoms with van der Waals surface area (Å²) in [6.07, 6.45) is 3.37. The van der Waals surface area contributed by atoms with Crippen LogP contribution < -0.4 is 10.6 Å². The summed E-state index contributed by atoms with van der Waals surface area (Å²) in [5.74, 6) is -0.377. The highest BCUT2D eigenvalue weighted by molar-refractivity contribution is 7.80. The highest BCUT2D eigenvalue weighted by Crippen LogP contribution is 2.25. The van der Waals surface area contributed by atoms with E-state index in [4.69, 9.17) is 47.0 Å². The van der Waals surface area contributed by atoms with E-state index in [1.807, 2.05) is 0 Å². The third-order valence-electron chi connectivity index (χ3n) is 3.42. The van der Waals surface area contributed by atoms with Crippen molar-refractivity contribution in [3.8, 4) is 0 Å². The Morgan fingerprint density at radius 2 is 1.88 bits per heavy atom. The van der Waals surface area contributed by atoms with Crippen LogP contribution in [-0.2, 0) is 6.54 Å². The Hall–Kier alpha value is -1.86. The SMILES string of the molecule is Fc1ccc(Cn2cc(NC(=S)Nc3cc(Cl)ccc3Cl)cn2)c(Cl)c1. The van der Waals surface area contributed by atoms with E-state index >= 15 is 0 Å². The first kappa shape index (κ1) is 18.9. The molecule has 0 spiro atoms. The van der Waals surface area contributed by atoms with Crippen LogP contribution in [0.4, 0.5) is 15.8 Å². The molecule has 3 aromatic rings. The Morgan fingerprint density at radius 3 is 2.65 bits per heavy atom. The summed E-state index contributed by atoms with van der Waals surface area (Å²) in [6, 6.07) is 9.30. The van der Waals surface area contributed by atoms with Crippen LogP contribution in [0.1, 0.15) is 5.56 Å². The number of hydrogen-bond donors (Lipinski definition) is 2. The number of aromatic nitrogens is 2. The highest BCUT2D eigenvalue weighted by atomic mass is 35.5. The van der Waals surface area contributed by atoms with Gasteiger partial charge in [-0.3, -0.25) is 4.68 Å². The van der Waals surface area contributed by atoms with Crippen molar-refractivity contribution < 1.29 is 4.39 Å². The molecule has 2 aromatic carbocycles. The van der Waals surface area contributed by atoms with Crippen LogP contribution in [0.2, 0.25) is 15.1 Å². The second-order valence-electron chi connectivity index (χ2n) is 5.37. The summed E-state index contributed by atoms with van der Waals surface area (Å²) in [4.78, 5) is 0. The molecule has 0 atom stereocenters. The fourth-order valence-corrected chi connectivity index (χ4v) is 3.01. The van der Waals surface area contributed by atoms with Gasteiger partial charge in [0.15, 0.2) is 5.11 Å². The van der Waals surface area contributed by atoms with Crippen molar-refractivity contribution in [2.75, 3.05) is 10.6 Å². The molecular weight excluding hydrogens is 418 g/mol. The quantitative estimate of drug-likeness (QED) is 0.511. The first-order valence-corrected chi connectivity index (χ1v) is 8.94. The van der Waals surface area contributed by atoms with Gasteiger partial charge in [0.1, 0.15) is 5.82 Å². The molecule has 1 aromatic heterocycles. The molecule has 0 saturated heterocycles. The largest absolute Gasteiger partial charge is 0.331 e. The van der Waals surface area contributed by atoms with Crippen molar-refractivity contribution in [1.82, 2.24) is 9.78 Å². The first-order valence-electron chi connectivity index (χ1n) is 7.40. The van der Waals surface area contributed by atoms with Gasteiger partial charge in [-0.15, -0.1) is 0 Å². The zero-order valence-corrected chi connectivity index (χ0v) is 16.2. The number of anilines is 2. The van der Waals surface area contributed by atoms with Crippen LogP contribution in [0, 0.1) is 5.82 Å². The lowest BCUT2D eigenvalue weighted by atomic mass is 10.2. The summed E-state index contributed by atoms with van der Waals surface area (Å²) in [5, 5.41) is 12.0. The van der Waals surface area contributed by atoms with Crippen molar-refractivity contribution in [3.05, 3.63) is 75.2 Å². The average Bonchev–Trinajstić information content (AvgIpc) is 3.00. The van der Waals surface area contributed by atoms with Crippen molar-refractivity contribution >= 4 is 63.5 Å². The summed E-state index contributed by atoms with van der Waals surface area (Å²) >= 11 is 23.4. The fourth-order valence-electron chi connectivity index (χ4n) is 2.22. The number of halogens is 4. The van der Waals surface area contributed by atoms with Gasteiger partial charge in [0.2, 0.25) is 0 Å². The molecule has 134 valence electrons. The molecule has 0 aliphatic rings. The fraction of sp³-hybridized carbons (Fsp3) is 0.0588. The maximum Gasteiger partial charge on any atom is 0.175 e. The predicted molar refractivity (Wildman–Crippen MR) is 109 cm³/mol. The molecule has 0 radical (unpaired) electrons. The second-order valence-corrected chi connectivity index (χ2v) is 7.02. The molecule has 0 saturated carbocycles. The zero-order chi connectivity index (χ0) is 18.7. The summed E-state index contributed by atoms with van der Waals surface area (Å²) in [5.41, 5.74) is 2.04. The minimum absolute atomic E-state index is 0.341. The number of benzene rings is 2. The Balaban J connectivity index is 1.64. The maximum absolute atomic E-state index is 13.1. The molecule has 0 aliphatic heterocycles. The Bertz CT molecular complexity index is 961. The number of hydrogen-bond acceptors (Lipinski definition) is 2. The Labute approximate surface area is 169 Å². The van der Waals surface area contributed by atoms with Gasteiger partial charge in [-0.1, -0.05) is 40.9 Å². The third-order valence-corrected chi connectivity index (χ3v) is 4.54. The molecule has 4 nitrogen and oxygen atoms in total. The van der Waals surface area contributed by atoms with E-state index in [9.17, 15) is 4.39 Å². The average molecular weight is 430 g/mol. The van der Waals surface area contributed by atoms with Gasteiger partial charge in [0.25, 0.3) is 0 Å². The molecule has 0 aliphatic carbocycles. The van der Waals surface area contributed by atoms with E-state index in [2.05, 4.69) is 15.7 Å². The van der Waals surface area contributed by atoms with Crippen LogP contribution in [0.3, 0.4) is 0 Å². The second kappa shape index (κ2) is 8.22. The molecule has 1 heterocycles. The Morgan fingerprint density at radius 1 is 1.08 bits per heavy atom. The summed E-state index contributed by atoms with van der Waals surface area (Å²) < 4.78 is 14.8. The van der Waals surface area contributed by atoms with Gasteiger partial charge in [-0.2, -0.15) is 5.10 Å². The lowest BCUT2D eigenvalue weighted by molar-refractivity contribution is 0.624. The monoisotopic (exact) mass is 428 g/mol. The highest BCUT2D eigenvalue weighted by Gasteiger charge is 2.07. The van der Waals surface area contributed by atoms with E-state index < -0.39 is 0 Å².